The van der Waals surface area contributed by atoms with Gasteiger partial charge in [0, 0.05) is 6.54 Å². The van der Waals surface area contributed by atoms with Gasteiger partial charge in [-0.05, 0) is 44.6 Å². The van der Waals surface area contributed by atoms with Crippen molar-refractivity contribution in [3.63, 3.8) is 0 Å². The predicted octanol–water partition coefficient (Wildman–Crippen LogP) is 2.58. The van der Waals surface area contributed by atoms with Crippen molar-refractivity contribution >= 4 is 0 Å². The monoisotopic (exact) mass is 199 g/mol. The van der Waals surface area contributed by atoms with Crippen LogP contribution >= 0.6 is 0 Å². The van der Waals surface area contributed by atoms with Crippen LogP contribution in [0.25, 0.3) is 0 Å². The number of hydrogen-bond acceptors (Lipinski definition) is 2. The number of rotatable bonds is 6. The van der Waals surface area contributed by atoms with Gasteiger partial charge in [-0.2, -0.15) is 0 Å². The average molecular weight is 199 g/mol. The van der Waals surface area contributed by atoms with Gasteiger partial charge in [0.1, 0.15) is 0 Å². The summed E-state index contributed by atoms with van der Waals surface area (Å²) in [5.74, 6) is 0.924. The minimum absolute atomic E-state index is 0.551. The first-order chi connectivity index (χ1) is 6.83. The van der Waals surface area contributed by atoms with E-state index in [1.165, 1.54) is 32.1 Å². The van der Waals surface area contributed by atoms with Gasteiger partial charge in [-0.1, -0.05) is 13.8 Å². The third-order valence-corrected chi connectivity index (χ3v) is 3.02. The van der Waals surface area contributed by atoms with Crippen LogP contribution in [0.1, 0.15) is 46.0 Å². The normalized spacial score (nSPS) is 27.9. The lowest BCUT2D eigenvalue weighted by molar-refractivity contribution is 0.0217. The van der Waals surface area contributed by atoms with Crippen molar-refractivity contribution in [3.05, 3.63) is 0 Å². The molecule has 1 N–H and O–H groups in total. The molecule has 1 aliphatic carbocycles. The lowest BCUT2D eigenvalue weighted by atomic mass is 9.89. The van der Waals surface area contributed by atoms with Crippen molar-refractivity contribution in [3.8, 4) is 0 Å². The maximum atomic E-state index is 5.82. The Morgan fingerprint density at radius 1 is 1.14 bits per heavy atom. The molecule has 0 atom stereocenters. The highest BCUT2D eigenvalue weighted by molar-refractivity contribution is 4.69. The van der Waals surface area contributed by atoms with Gasteiger partial charge in [0.05, 0.1) is 12.7 Å². The van der Waals surface area contributed by atoms with Crippen LogP contribution in [-0.4, -0.2) is 25.8 Å². The van der Waals surface area contributed by atoms with Gasteiger partial charge in [0.2, 0.25) is 0 Å². The number of hydrogen-bond donors (Lipinski definition) is 1. The highest BCUT2D eigenvalue weighted by Gasteiger charge is 2.17. The Morgan fingerprint density at radius 3 is 2.50 bits per heavy atom. The molecule has 0 aromatic carbocycles. The molecule has 1 rings (SSSR count). The standard InChI is InChI=1S/C12H25NO/c1-3-8-13-9-10-14-12-6-4-11(2)5-7-12/h11-13H,3-10H2,1-2H3. The summed E-state index contributed by atoms with van der Waals surface area (Å²) in [6.07, 6.45) is 7.01. The van der Waals surface area contributed by atoms with Crippen LogP contribution in [0, 0.1) is 5.92 Å². The Hall–Kier alpha value is -0.0800. The molecule has 2 heteroatoms. The Morgan fingerprint density at radius 2 is 1.86 bits per heavy atom. The molecule has 0 aromatic heterocycles. The number of nitrogens with one attached hydrogen (secondary N) is 1. The molecular formula is C12H25NO. The van der Waals surface area contributed by atoms with Gasteiger partial charge in [0.15, 0.2) is 0 Å². The van der Waals surface area contributed by atoms with Crippen LogP contribution in [0.3, 0.4) is 0 Å². The molecule has 0 radical (unpaired) electrons. The van der Waals surface area contributed by atoms with E-state index in [-0.39, 0.29) is 0 Å². The van der Waals surface area contributed by atoms with Crippen LogP contribution in [0.2, 0.25) is 0 Å². The number of ether oxygens (including phenoxy) is 1. The summed E-state index contributed by atoms with van der Waals surface area (Å²) < 4.78 is 5.82. The van der Waals surface area contributed by atoms with E-state index in [0.717, 1.165) is 25.6 Å². The largest absolute Gasteiger partial charge is 0.377 e. The van der Waals surface area contributed by atoms with Crippen molar-refractivity contribution in [1.82, 2.24) is 5.32 Å². The molecule has 0 aliphatic heterocycles. The van der Waals surface area contributed by atoms with E-state index in [1.807, 2.05) is 0 Å². The van der Waals surface area contributed by atoms with Crippen molar-refractivity contribution < 1.29 is 4.74 Å². The van der Waals surface area contributed by atoms with E-state index in [4.69, 9.17) is 4.74 Å². The average Bonchev–Trinajstić information content (AvgIpc) is 2.21. The van der Waals surface area contributed by atoms with Gasteiger partial charge in [-0.15, -0.1) is 0 Å². The molecule has 0 aromatic rings. The van der Waals surface area contributed by atoms with Crippen LogP contribution in [0.15, 0.2) is 0 Å². The maximum Gasteiger partial charge on any atom is 0.0594 e. The first-order valence-electron chi connectivity index (χ1n) is 6.15. The van der Waals surface area contributed by atoms with E-state index in [0.29, 0.717) is 6.10 Å². The smallest absolute Gasteiger partial charge is 0.0594 e. The molecule has 1 aliphatic rings. The third-order valence-electron chi connectivity index (χ3n) is 3.02. The first-order valence-corrected chi connectivity index (χ1v) is 6.15. The Bertz CT molecular complexity index is 130. The van der Waals surface area contributed by atoms with Gasteiger partial charge < -0.3 is 10.1 Å². The van der Waals surface area contributed by atoms with Crippen molar-refractivity contribution in [2.24, 2.45) is 5.92 Å². The molecule has 1 fully saturated rings. The summed E-state index contributed by atoms with van der Waals surface area (Å²) in [5, 5.41) is 3.36. The Balaban J connectivity index is 1.91. The van der Waals surface area contributed by atoms with Crippen molar-refractivity contribution in [2.75, 3.05) is 19.7 Å². The second-order valence-electron chi connectivity index (χ2n) is 4.50. The molecule has 0 unspecified atom stereocenters. The molecule has 0 amide bonds. The lowest BCUT2D eigenvalue weighted by Crippen LogP contribution is -2.26. The van der Waals surface area contributed by atoms with Crippen LogP contribution in [0.5, 0.6) is 0 Å². The highest BCUT2D eigenvalue weighted by Crippen LogP contribution is 2.25. The second kappa shape index (κ2) is 7.24. The summed E-state index contributed by atoms with van der Waals surface area (Å²) in [6, 6.07) is 0. The summed E-state index contributed by atoms with van der Waals surface area (Å²) in [6.45, 7) is 7.55. The maximum absolute atomic E-state index is 5.82. The molecule has 0 spiro atoms. The zero-order chi connectivity index (χ0) is 10.2. The Labute approximate surface area is 88.4 Å². The fourth-order valence-electron chi connectivity index (χ4n) is 2.00. The summed E-state index contributed by atoms with van der Waals surface area (Å²) >= 11 is 0. The molecule has 14 heavy (non-hydrogen) atoms. The van der Waals surface area contributed by atoms with Gasteiger partial charge in [-0.25, -0.2) is 0 Å². The van der Waals surface area contributed by atoms with E-state index in [2.05, 4.69) is 19.2 Å². The lowest BCUT2D eigenvalue weighted by Gasteiger charge is -2.26. The zero-order valence-corrected chi connectivity index (χ0v) is 9.72. The topological polar surface area (TPSA) is 21.3 Å². The molecule has 0 saturated heterocycles. The van der Waals surface area contributed by atoms with Gasteiger partial charge >= 0.3 is 0 Å². The molecule has 1 saturated carbocycles. The van der Waals surface area contributed by atoms with Gasteiger partial charge in [-0.3, -0.25) is 0 Å². The molecule has 0 bridgehead atoms. The second-order valence-corrected chi connectivity index (χ2v) is 4.50. The van der Waals surface area contributed by atoms with Crippen molar-refractivity contribution in [2.45, 2.75) is 52.1 Å². The molecule has 2 nitrogen and oxygen atoms in total. The minimum Gasteiger partial charge on any atom is -0.377 e. The molecular weight excluding hydrogens is 174 g/mol. The zero-order valence-electron chi connectivity index (χ0n) is 9.72. The Kier molecular flexibility index (Phi) is 6.20. The van der Waals surface area contributed by atoms with Gasteiger partial charge in [0.25, 0.3) is 0 Å². The SMILES string of the molecule is CCCNCCOC1CCC(C)CC1. The highest BCUT2D eigenvalue weighted by atomic mass is 16.5. The summed E-state index contributed by atoms with van der Waals surface area (Å²) in [5.41, 5.74) is 0. The molecule has 0 heterocycles. The van der Waals surface area contributed by atoms with Crippen LogP contribution in [0.4, 0.5) is 0 Å². The van der Waals surface area contributed by atoms with E-state index >= 15 is 0 Å². The van der Waals surface area contributed by atoms with Crippen LogP contribution < -0.4 is 5.32 Å². The quantitative estimate of drug-likeness (QED) is 0.664. The first kappa shape index (κ1) is 12.0. The predicted molar refractivity (Wildman–Crippen MR) is 60.5 cm³/mol. The van der Waals surface area contributed by atoms with Crippen molar-refractivity contribution in [1.29, 1.82) is 0 Å². The van der Waals surface area contributed by atoms with E-state index < -0.39 is 0 Å². The fraction of sp³-hybridized carbons (Fsp3) is 1.00. The fourth-order valence-corrected chi connectivity index (χ4v) is 2.00. The van der Waals surface area contributed by atoms with Crippen LogP contribution in [-0.2, 0) is 4.74 Å². The summed E-state index contributed by atoms with van der Waals surface area (Å²) in [7, 11) is 0. The van der Waals surface area contributed by atoms with E-state index in [1.54, 1.807) is 0 Å². The third kappa shape index (κ3) is 4.97. The minimum atomic E-state index is 0.551. The summed E-state index contributed by atoms with van der Waals surface area (Å²) in [4.78, 5) is 0. The molecule has 84 valence electrons. The van der Waals surface area contributed by atoms with E-state index in [9.17, 15) is 0 Å².